The second-order valence-corrected chi connectivity index (χ2v) is 8.00. The van der Waals surface area contributed by atoms with Crippen LogP contribution in [0.5, 0.6) is 0 Å². The Morgan fingerprint density at radius 1 is 1.17 bits per heavy atom. The molecule has 1 aromatic rings. The van der Waals surface area contributed by atoms with Gasteiger partial charge in [-0.3, -0.25) is 9.59 Å². The first-order valence-electron chi connectivity index (χ1n) is 8.04. The molecule has 1 N–H and O–H groups in total. The number of sulfone groups is 1. The fourth-order valence-electron chi connectivity index (χ4n) is 2.28. The van der Waals surface area contributed by atoms with Crippen molar-refractivity contribution in [2.24, 2.45) is 0 Å². The number of aliphatic carboxylic acids is 1. The van der Waals surface area contributed by atoms with E-state index in [-0.39, 0.29) is 35.6 Å². The molecule has 0 saturated carbocycles. The fourth-order valence-corrected chi connectivity index (χ4v) is 3.17. The Morgan fingerprint density at radius 3 is 2.21 bits per heavy atom. The topological polar surface area (TPSA) is 91.8 Å². The summed E-state index contributed by atoms with van der Waals surface area (Å²) in [5, 5.41) is 8.94. The highest BCUT2D eigenvalue weighted by atomic mass is 32.2. The smallest absolute Gasteiger partial charge is 0.323 e. The van der Waals surface area contributed by atoms with Gasteiger partial charge in [-0.2, -0.15) is 0 Å². The van der Waals surface area contributed by atoms with E-state index >= 15 is 0 Å². The summed E-state index contributed by atoms with van der Waals surface area (Å²) in [6.07, 6.45) is 1.32. The number of carbonyl (C=O) groups excluding carboxylic acids is 1. The number of amides is 1. The SMILES string of the molecule is CCC(C)N(CC(=O)O)C(=O)CCc1ccc(S(=O)(=O)CC)cc1. The molecule has 0 spiro atoms. The van der Waals surface area contributed by atoms with Gasteiger partial charge in [-0.15, -0.1) is 0 Å². The molecular formula is C17H25NO5S. The first-order valence-corrected chi connectivity index (χ1v) is 9.69. The third-order valence-corrected chi connectivity index (χ3v) is 5.79. The maximum atomic E-state index is 12.3. The van der Waals surface area contributed by atoms with E-state index in [0.29, 0.717) is 12.8 Å². The number of rotatable bonds is 9. The maximum Gasteiger partial charge on any atom is 0.323 e. The van der Waals surface area contributed by atoms with Gasteiger partial charge in [0.25, 0.3) is 0 Å². The normalized spacial score (nSPS) is 12.6. The summed E-state index contributed by atoms with van der Waals surface area (Å²) in [6.45, 7) is 5.01. The van der Waals surface area contributed by atoms with Crippen molar-refractivity contribution in [1.82, 2.24) is 4.90 Å². The van der Waals surface area contributed by atoms with Crippen molar-refractivity contribution in [3.05, 3.63) is 29.8 Å². The van der Waals surface area contributed by atoms with Gasteiger partial charge in [-0.05, 0) is 37.5 Å². The van der Waals surface area contributed by atoms with Crippen LogP contribution in [-0.2, 0) is 25.8 Å². The molecule has 0 aliphatic carbocycles. The van der Waals surface area contributed by atoms with Crippen LogP contribution in [0.1, 0.15) is 39.2 Å². The summed E-state index contributed by atoms with van der Waals surface area (Å²) in [6, 6.07) is 6.34. The van der Waals surface area contributed by atoms with E-state index in [4.69, 9.17) is 5.11 Å². The Labute approximate surface area is 143 Å². The van der Waals surface area contributed by atoms with Gasteiger partial charge in [0.15, 0.2) is 9.84 Å². The Bertz CT molecular complexity index is 667. The first kappa shape index (κ1) is 20.2. The molecule has 0 fully saturated rings. The summed E-state index contributed by atoms with van der Waals surface area (Å²) in [5.41, 5.74) is 0.845. The number of hydrogen-bond acceptors (Lipinski definition) is 4. The minimum atomic E-state index is -3.23. The van der Waals surface area contributed by atoms with Gasteiger partial charge in [-0.25, -0.2) is 8.42 Å². The van der Waals surface area contributed by atoms with Crippen molar-refractivity contribution >= 4 is 21.7 Å². The van der Waals surface area contributed by atoms with Gasteiger partial charge in [0.1, 0.15) is 6.54 Å². The predicted molar refractivity (Wildman–Crippen MR) is 91.6 cm³/mol. The monoisotopic (exact) mass is 355 g/mol. The number of carboxylic acids is 1. The van der Waals surface area contributed by atoms with Crippen LogP contribution in [-0.4, -0.2) is 48.6 Å². The van der Waals surface area contributed by atoms with Crippen LogP contribution in [0.25, 0.3) is 0 Å². The van der Waals surface area contributed by atoms with Gasteiger partial charge in [-0.1, -0.05) is 26.0 Å². The Balaban J connectivity index is 2.73. The highest BCUT2D eigenvalue weighted by molar-refractivity contribution is 7.91. The predicted octanol–water partition coefficient (Wildman–Crippen LogP) is 2.12. The quantitative estimate of drug-likeness (QED) is 0.732. The van der Waals surface area contributed by atoms with Crippen molar-refractivity contribution in [1.29, 1.82) is 0 Å². The Morgan fingerprint density at radius 2 is 1.75 bits per heavy atom. The van der Waals surface area contributed by atoms with Gasteiger partial charge in [0.2, 0.25) is 5.91 Å². The van der Waals surface area contributed by atoms with Gasteiger partial charge >= 0.3 is 5.97 Å². The second-order valence-electron chi connectivity index (χ2n) is 5.72. The number of aryl methyl sites for hydroxylation is 1. The van der Waals surface area contributed by atoms with Gasteiger partial charge in [0.05, 0.1) is 10.6 Å². The van der Waals surface area contributed by atoms with Crippen LogP contribution in [0.2, 0.25) is 0 Å². The molecule has 1 rings (SSSR count). The molecule has 0 radical (unpaired) electrons. The van der Waals surface area contributed by atoms with Crippen LogP contribution >= 0.6 is 0 Å². The van der Waals surface area contributed by atoms with Crippen molar-refractivity contribution in [2.45, 2.75) is 51.0 Å². The molecule has 0 saturated heterocycles. The Kier molecular flexibility index (Phi) is 7.41. The van der Waals surface area contributed by atoms with Crippen LogP contribution in [0.4, 0.5) is 0 Å². The number of hydrogen-bond donors (Lipinski definition) is 1. The zero-order chi connectivity index (χ0) is 18.3. The lowest BCUT2D eigenvalue weighted by Crippen LogP contribution is -2.41. The lowest BCUT2D eigenvalue weighted by Gasteiger charge is -2.27. The molecule has 6 nitrogen and oxygen atoms in total. The summed E-state index contributed by atoms with van der Waals surface area (Å²) in [4.78, 5) is 24.9. The number of carboxylic acid groups (broad SMARTS) is 1. The van der Waals surface area contributed by atoms with Crippen LogP contribution < -0.4 is 0 Å². The fraction of sp³-hybridized carbons (Fsp3) is 0.529. The van der Waals surface area contributed by atoms with E-state index in [9.17, 15) is 18.0 Å². The number of benzene rings is 1. The molecule has 1 atom stereocenters. The standard InChI is InChI=1S/C17H25NO5S/c1-4-13(3)18(12-17(20)21)16(19)11-8-14-6-9-15(10-7-14)24(22,23)5-2/h6-7,9-10,13H,4-5,8,11-12H2,1-3H3,(H,20,21). The molecule has 1 amide bonds. The molecule has 134 valence electrons. The Hall–Kier alpha value is -1.89. The lowest BCUT2D eigenvalue weighted by molar-refractivity contribution is -0.146. The van der Waals surface area contributed by atoms with Crippen molar-refractivity contribution < 1.29 is 23.1 Å². The van der Waals surface area contributed by atoms with Crippen LogP contribution in [0.15, 0.2) is 29.2 Å². The molecule has 0 bridgehead atoms. The van der Waals surface area contributed by atoms with Gasteiger partial charge < -0.3 is 10.0 Å². The average molecular weight is 355 g/mol. The molecule has 0 aromatic heterocycles. The zero-order valence-electron chi connectivity index (χ0n) is 14.4. The zero-order valence-corrected chi connectivity index (χ0v) is 15.2. The third kappa shape index (κ3) is 5.63. The van der Waals surface area contributed by atoms with Crippen molar-refractivity contribution in [3.8, 4) is 0 Å². The van der Waals surface area contributed by atoms with Gasteiger partial charge in [0, 0.05) is 12.5 Å². The number of carbonyl (C=O) groups is 2. The molecule has 0 aliphatic heterocycles. The molecule has 7 heteroatoms. The minimum absolute atomic E-state index is 0.0455. The van der Waals surface area contributed by atoms with E-state index in [1.165, 1.54) is 4.90 Å². The van der Waals surface area contributed by atoms with E-state index < -0.39 is 15.8 Å². The molecule has 0 heterocycles. The van der Waals surface area contributed by atoms with E-state index in [2.05, 4.69) is 0 Å². The van der Waals surface area contributed by atoms with Crippen molar-refractivity contribution in [3.63, 3.8) is 0 Å². The third-order valence-electron chi connectivity index (χ3n) is 4.04. The summed E-state index contributed by atoms with van der Waals surface area (Å²) in [7, 11) is -3.23. The van der Waals surface area contributed by atoms with Crippen molar-refractivity contribution in [2.75, 3.05) is 12.3 Å². The molecule has 1 unspecified atom stereocenters. The van der Waals surface area contributed by atoms with E-state index in [1.807, 2.05) is 13.8 Å². The van der Waals surface area contributed by atoms with Crippen LogP contribution in [0, 0.1) is 0 Å². The second kappa shape index (κ2) is 8.82. The van der Waals surface area contributed by atoms with E-state index in [0.717, 1.165) is 5.56 Å². The highest BCUT2D eigenvalue weighted by Gasteiger charge is 2.21. The first-order chi connectivity index (χ1) is 11.2. The summed E-state index contributed by atoms with van der Waals surface area (Å²) in [5.74, 6) is -1.20. The maximum absolute atomic E-state index is 12.3. The lowest BCUT2D eigenvalue weighted by atomic mass is 10.1. The molecule has 0 aliphatic rings. The summed E-state index contributed by atoms with van der Waals surface area (Å²) < 4.78 is 23.5. The van der Waals surface area contributed by atoms with Crippen LogP contribution in [0.3, 0.4) is 0 Å². The average Bonchev–Trinajstić information content (AvgIpc) is 2.57. The highest BCUT2D eigenvalue weighted by Crippen LogP contribution is 2.14. The largest absolute Gasteiger partial charge is 0.480 e. The summed E-state index contributed by atoms with van der Waals surface area (Å²) >= 11 is 0. The minimum Gasteiger partial charge on any atom is -0.480 e. The molecule has 1 aromatic carbocycles. The molecular weight excluding hydrogens is 330 g/mol. The van der Waals surface area contributed by atoms with E-state index in [1.54, 1.807) is 31.2 Å². The molecule has 24 heavy (non-hydrogen) atoms. The number of nitrogens with zero attached hydrogens (tertiary/aromatic N) is 1.